The first-order valence-electron chi connectivity index (χ1n) is 10.8. The molecule has 0 radical (unpaired) electrons. The highest BCUT2D eigenvalue weighted by Gasteiger charge is 2.27. The lowest BCUT2D eigenvalue weighted by atomic mass is 10.1. The fourth-order valence-corrected chi connectivity index (χ4v) is 4.78. The van der Waals surface area contributed by atoms with Crippen LogP contribution in [0, 0.1) is 0 Å². The van der Waals surface area contributed by atoms with E-state index < -0.39 is 17.6 Å². The molecule has 9 nitrogen and oxygen atoms in total. The van der Waals surface area contributed by atoms with Crippen molar-refractivity contribution in [3.8, 4) is 11.3 Å². The average Bonchev–Trinajstić information content (AvgIpc) is 3.10. The Morgan fingerprint density at radius 1 is 1.15 bits per heavy atom. The van der Waals surface area contributed by atoms with Crippen molar-refractivity contribution in [2.45, 2.75) is 45.3 Å². The molecule has 1 aromatic carbocycles. The summed E-state index contributed by atoms with van der Waals surface area (Å²) in [5.41, 5.74) is 13.1. The first-order valence-corrected chi connectivity index (χ1v) is 11.6. The standard InChI is InChI=1S/C23H28N6O3S/c1-23(2,3)32-22(31)26-14-9-11-29(12-10-14)21-27-17(13-7-5-4-6-8-13)15-16(24)18(19(25)30)33-20(15)28-21/h4-8,14H,9-12,24H2,1-3H3,(H2,25,30)(H,26,31). The largest absolute Gasteiger partial charge is 0.444 e. The number of alkyl carbamates (subject to hydrolysis) is 1. The number of amides is 2. The summed E-state index contributed by atoms with van der Waals surface area (Å²) >= 11 is 1.18. The lowest BCUT2D eigenvalue weighted by molar-refractivity contribution is 0.0497. The molecule has 1 fully saturated rings. The van der Waals surface area contributed by atoms with Crippen LogP contribution in [0.1, 0.15) is 43.3 Å². The molecule has 1 aliphatic rings. The molecule has 10 heteroatoms. The zero-order valence-corrected chi connectivity index (χ0v) is 19.7. The molecule has 0 bridgehead atoms. The van der Waals surface area contributed by atoms with Gasteiger partial charge in [-0.2, -0.15) is 0 Å². The molecule has 4 rings (SSSR count). The van der Waals surface area contributed by atoms with Crippen LogP contribution in [0.5, 0.6) is 0 Å². The molecular weight excluding hydrogens is 440 g/mol. The lowest BCUT2D eigenvalue weighted by Gasteiger charge is -2.33. The molecule has 2 amide bonds. The van der Waals surface area contributed by atoms with Gasteiger partial charge in [0, 0.05) is 24.7 Å². The van der Waals surface area contributed by atoms with Crippen LogP contribution < -0.4 is 21.7 Å². The number of nitrogens with zero attached hydrogens (tertiary/aromatic N) is 3. The maximum Gasteiger partial charge on any atom is 0.407 e. The van der Waals surface area contributed by atoms with Gasteiger partial charge < -0.3 is 26.4 Å². The molecule has 33 heavy (non-hydrogen) atoms. The van der Waals surface area contributed by atoms with Gasteiger partial charge in [0.1, 0.15) is 15.3 Å². The van der Waals surface area contributed by atoms with Gasteiger partial charge in [-0.25, -0.2) is 14.8 Å². The molecule has 3 aromatic rings. The molecule has 0 saturated carbocycles. The van der Waals surface area contributed by atoms with E-state index in [0.29, 0.717) is 40.6 Å². The molecule has 5 N–H and O–H groups in total. The van der Waals surface area contributed by atoms with E-state index in [4.69, 9.17) is 26.2 Å². The number of carbonyl (C=O) groups excluding carboxylic acids is 2. The highest BCUT2D eigenvalue weighted by atomic mass is 32.1. The molecule has 174 valence electrons. The number of hydrogen-bond donors (Lipinski definition) is 3. The van der Waals surface area contributed by atoms with Crippen LogP contribution in [-0.2, 0) is 4.74 Å². The maximum atomic E-state index is 12.1. The van der Waals surface area contributed by atoms with Crippen molar-refractivity contribution in [2.75, 3.05) is 23.7 Å². The zero-order chi connectivity index (χ0) is 23.8. The highest BCUT2D eigenvalue weighted by molar-refractivity contribution is 7.21. The van der Waals surface area contributed by atoms with E-state index in [1.165, 1.54) is 11.3 Å². The third kappa shape index (κ3) is 5.00. The van der Waals surface area contributed by atoms with Gasteiger partial charge in [-0.05, 0) is 33.6 Å². The summed E-state index contributed by atoms with van der Waals surface area (Å²) < 4.78 is 5.36. The van der Waals surface area contributed by atoms with Crippen LogP contribution >= 0.6 is 11.3 Å². The number of nitrogens with one attached hydrogen (secondary N) is 1. The Morgan fingerprint density at radius 2 is 1.82 bits per heavy atom. The number of aromatic nitrogens is 2. The Labute approximate surface area is 196 Å². The lowest BCUT2D eigenvalue weighted by Crippen LogP contribution is -2.46. The van der Waals surface area contributed by atoms with Crippen LogP contribution in [0.25, 0.3) is 21.5 Å². The molecule has 2 aromatic heterocycles. The number of rotatable bonds is 4. The number of anilines is 2. The third-order valence-corrected chi connectivity index (χ3v) is 6.46. The Morgan fingerprint density at radius 3 is 2.42 bits per heavy atom. The third-order valence-electron chi connectivity index (χ3n) is 5.35. The summed E-state index contributed by atoms with van der Waals surface area (Å²) in [6.07, 6.45) is 1.07. The normalized spacial score (nSPS) is 14.9. The minimum absolute atomic E-state index is 0.0206. The number of fused-ring (bicyclic) bond motifs is 1. The topological polar surface area (TPSA) is 136 Å². The molecule has 1 saturated heterocycles. The van der Waals surface area contributed by atoms with Crippen molar-refractivity contribution in [1.29, 1.82) is 0 Å². The number of primary amides is 1. The Bertz CT molecular complexity index is 1180. The molecular formula is C23H28N6O3S. The van der Waals surface area contributed by atoms with Crippen molar-refractivity contribution in [3.63, 3.8) is 0 Å². The van der Waals surface area contributed by atoms with Crippen LogP contribution in [0.4, 0.5) is 16.4 Å². The predicted octanol–water partition coefficient (Wildman–Crippen LogP) is 3.53. The number of nitrogens with two attached hydrogens (primary N) is 2. The fraction of sp³-hybridized carbons (Fsp3) is 0.391. The maximum absolute atomic E-state index is 12.1. The van der Waals surface area contributed by atoms with E-state index in [1.807, 2.05) is 51.1 Å². The molecule has 0 atom stereocenters. The summed E-state index contributed by atoms with van der Waals surface area (Å²) in [6.45, 7) is 6.86. The van der Waals surface area contributed by atoms with Gasteiger partial charge in [-0.3, -0.25) is 4.79 Å². The van der Waals surface area contributed by atoms with Gasteiger partial charge in [-0.1, -0.05) is 30.3 Å². The SMILES string of the molecule is CC(C)(C)OC(=O)NC1CCN(c2nc(-c3ccccc3)c3c(N)c(C(N)=O)sc3n2)CC1. The number of hydrogen-bond acceptors (Lipinski definition) is 8. The van der Waals surface area contributed by atoms with Gasteiger partial charge in [0.2, 0.25) is 5.95 Å². The second kappa shape index (κ2) is 8.86. The minimum atomic E-state index is -0.579. The van der Waals surface area contributed by atoms with E-state index in [1.54, 1.807) is 0 Å². The smallest absolute Gasteiger partial charge is 0.407 e. The van der Waals surface area contributed by atoms with E-state index >= 15 is 0 Å². The number of carbonyl (C=O) groups is 2. The first kappa shape index (κ1) is 22.8. The molecule has 0 aliphatic carbocycles. The summed E-state index contributed by atoms with van der Waals surface area (Å²) in [5, 5.41) is 3.59. The number of benzene rings is 1. The Hall–Kier alpha value is -3.40. The van der Waals surface area contributed by atoms with E-state index in [-0.39, 0.29) is 10.9 Å². The van der Waals surface area contributed by atoms with Crippen molar-refractivity contribution >= 4 is 45.2 Å². The molecule has 0 spiro atoms. The van der Waals surface area contributed by atoms with Crippen molar-refractivity contribution < 1.29 is 14.3 Å². The Kier molecular flexibility index (Phi) is 6.11. The van der Waals surface area contributed by atoms with Gasteiger partial charge in [-0.15, -0.1) is 11.3 Å². The summed E-state index contributed by atoms with van der Waals surface area (Å²) in [7, 11) is 0. The number of thiophene rings is 1. The van der Waals surface area contributed by atoms with Crippen LogP contribution in [0.2, 0.25) is 0 Å². The Balaban J connectivity index is 1.60. The van der Waals surface area contributed by atoms with E-state index in [9.17, 15) is 9.59 Å². The van der Waals surface area contributed by atoms with Gasteiger partial charge in [0.25, 0.3) is 5.91 Å². The molecule has 0 unspecified atom stereocenters. The molecule has 3 heterocycles. The van der Waals surface area contributed by atoms with Gasteiger partial charge in [0.05, 0.1) is 16.8 Å². The van der Waals surface area contributed by atoms with Crippen LogP contribution in [0.3, 0.4) is 0 Å². The zero-order valence-electron chi connectivity index (χ0n) is 18.9. The summed E-state index contributed by atoms with van der Waals surface area (Å²) in [6, 6.07) is 9.69. The minimum Gasteiger partial charge on any atom is -0.444 e. The quantitative estimate of drug-likeness (QED) is 0.533. The van der Waals surface area contributed by atoms with Crippen molar-refractivity contribution in [1.82, 2.24) is 15.3 Å². The summed E-state index contributed by atoms with van der Waals surface area (Å²) in [4.78, 5) is 36.5. The first-order chi connectivity index (χ1) is 15.6. The molecule has 1 aliphatic heterocycles. The predicted molar refractivity (Wildman–Crippen MR) is 130 cm³/mol. The van der Waals surface area contributed by atoms with Gasteiger partial charge >= 0.3 is 6.09 Å². The van der Waals surface area contributed by atoms with Crippen molar-refractivity contribution in [3.05, 3.63) is 35.2 Å². The van der Waals surface area contributed by atoms with Crippen molar-refractivity contribution in [2.24, 2.45) is 5.73 Å². The van der Waals surface area contributed by atoms with E-state index in [0.717, 1.165) is 18.4 Å². The number of ether oxygens (including phenoxy) is 1. The monoisotopic (exact) mass is 468 g/mol. The van der Waals surface area contributed by atoms with Crippen LogP contribution in [0.15, 0.2) is 30.3 Å². The second-order valence-corrected chi connectivity index (χ2v) is 10.0. The second-order valence-electron chi connectivity index (χ2n) is 9.04. The van der Waals surface area contributed by atoms with E-state index in [2.05, 4.69) is 10.2 Å². The highest BCUT2D eigenvalue weighted by Crippen LogP contribution is 2.39. The number of piperidine rings is 1. The number of nitrogen functional groups attached to an aromatic ring is 1. The fourth-order valence-electron chi connectivity index (χ4n) is 3.84. The van der Waals surface area contributed by atoms with Gasteiger partial charge in [0.15, 0.2) is 0 Å². The average molecular weight is 469 g/mol. The van der Waals surface area contributed by atoms with Crippen LogP contribution in [-0.4, -0.2) is 46.7 Å². The summed E-state index contributed by atoms with van der Waals surface area (Å²) in [5.74, 6) is -0.0144.